The van der Waals surface area contributed by atoms with Crippen LogP contribution in [0.4, 0.5) is 20.6 Å². The fraction of sp³-hybridized carbons (Fsp3) is 0.0800. The lowest BCUT2D eigenvalue weighted by Crippen LogP contribution is -2.27. The molecule has 1 heterocycles. The molecule has 0 spiro atoms. The maximum Gasteiger partial charge on any atom is 0.298 e. The first-order chi connectivity index (χ1) is 17.2. The molecule has 0 aromatic heterocycles. The van der Waals surface area contributed by atoms with Gasteiger partial charge in [-0.15, -0.1) is 0 Å². The van der Waals surface area contributed by atoms with Gasteiger partial charge in [0.25, 0.3) is 17.1 Å². The molecule has 3 aromatic carbocycles. The summed E-state index contributed by atoms with van der Waals surface area (Å²) >= 11 is 8.86. The molecule has 3 aromatic rings. The Hall–Kier alpha value is -3.09. The number of benzene rings is 3. The number of rotatable bonds is 7. The van der Waals surface area contributed by atoms with Crippen LogP contribution >= 0.6 is 46.0 Å². The Morgan fingerprint density at radius 3 is 2.61 bits per heavy atom. The average molecular weight is 639 g/mol. The Balaban J connectivity index is 1.50. The third-order valence-corrected chi connectivity index (χ3v) is 6.79. The summed E-state index contributed by atoms with van der Waals surface area (Å²) in [7, 11) is 1.45. The number of hydrogen-bond acceptors (Lipinski definition) is 6. The summed E-state index contributed by atoms with van der Waals surface area (Å²) in [6.07, 6.45) is 1.59. The molecule has 1 aliphatic rings. The summed E-state index contributed by atoms with van der Waals surface area (Å²) in [4.78, 5) is 39.0. The molecule has 3 amide bonds. The second-order valence-corrected chi connectivity index (χ2v) is 9.97. The molecular weight excluding hydrogens is 622 g/mol. The number of imide groups is 1. The topological polar surface area (TPSA) is 84.9 Å². The van der Waals surface area contributed by atoms with Gasteiger partial charge in [-0.1, -0.05) is 17.7 Å². The second kappa shape index (κ2) is 11.3. The van der Waals surface area contributed by atoms with Crippen LogP contribution in [-0.4, -0.2) is 30.8 Å². The minimum absolute atomic E-state index is 0.241. The standard InChI is InChI=1S/C25H17ClFIN2O5S/c1-34-20-10-14(11-21-24(32)30(25(33)36-21)18-4-2-3-15(26)12-18)9-19(28)23(20)35-13-22(31)29-17-7-5-16(27)6-8-17/h2-12H,13H2,1H3,(H,29,31)/b21-11+. The highest BCUT2D eigenvalue weighted by molar-refractivity contribution is 14.1. The normalized spacial score (nSPS) is 14.3. The van der Waals surface area contributed by atoms with Crippen LogP contribution in [0.2, 0.25) is 5.02 Å². The Bertz CT molecular complexity index is 1380. The Morgan fingerprint density at radius 1 is 1.17 bits per heavy atom. The van der Waals surface area contributed by atoms with Gasteiger partial charge in [0.1, 0.15) is 5.82 Å². The number of halogens is 3. The summed E-state index contributed by atoms with van der Waals surface area (Å²) in [6, 6.07) is 15.3. The second-order valence-electron chi connectivity index (χ2n) is 7.37. The zero-order valence-electron chi connectivity index (χ0n) is 18.6. The molecule has 0 radical (unpaired) electrons. The number of ether oxygens (including phenoxy) is 2. The van der Waals surface area contributed by atoms with Crippen molar-refractivity contribution in [3.63, 3.8) is 0 Å². The fourth-order valence-corrected chi connectivity index (χ4v) is 5.10. The molecule has 0 bridgehead atoms. The van der Waals surface area contributed by atoms with Crippen molar-refractivity contribution in [2.75, 3.05) is 23.9 Å². The van der Waals surface area contributed by atoms with E-state index in [4.69, 9.17) is 21.1 Å². The van der Waals surface area contributed by atoms with Crippen molar-refractivity contribution < 1.29 is 28.2 Å². The number of anilines is 2. The van der Waals surface area contributed by atoms with Gasteiger partial charge in [-0.25, -0.2) is 9.29 Å². The summed E-state index contributed by atoms with van der Waals surface area (Å²) in [6.45, 7) is -0.304. The van der Waals surface area contributed by atoms with E-state index in [2.05, 4.69) is 5.32 Å². The van der Waals surface area contributed by atoms with E-state index in [9.17, 15) is 18.8 Å². The van der Waals surface area contributed by atoms with Gasteiger partial charge in [-0.2, -0.15) is 0 Å². The first kappa shape index (κ1) is 26.0. The largest absolute Gasteiger partial charge is 0.493 e. The van der Waals surface area contributed by atoms with Crippen molar-refractivity contribution in [3.05, 3.63) is 85.5 Å². The summed E-state index contributed by atoms with van der Waals surface area (Å²) in [5.41, 5.74) is 1.44. The van der Waals surface area contributed by atoms with Crippen LogP contribution in [0.1, 0.15) is 5.56 Å². The average Bonchev–Trinajstić information content (AvgIpc) is 3.12. The van der Waals surface area contributed by atoms with E-state index < -0.39 is 22.9 Å². The fourth-order valence-electron chi connectivity index (χ4n) is 3.29. The molecule has 184 valence electrons. The van der Waals surface area contributed by atoms with Crippen molar-refractivity contribution in [2.45, 2.75) is 0 Å². The first-order valence-corrected chi connectivity index (χ1v) is 12.6. The van der Waals surface area contributed by atoms with E-state index in [1.54, 1.807) is 42.5 Å². The van der Waals surface area contributed by atoms with Crippen molar-refractivity contribution in [1.82, 2.24) is 0 Å². The van der Waals surface area contributed by atoms with Crippen molar-refractivity contribution in [3.8, 4) is 11.5 Å². The van der Waals surface area contributed by atoms with Crippen molar-refractivity contribution in [1.29, 1.82) is 0 Å². The van der Waals surface area contributed by atoms with E-state index in [1.165, 1.54) is 31.4 Å². The minimum Gasteiger partial charge on any atom is -0.493 e. The summed E-state index contributed by atoms with van der Waals surface area (Å²) < 4.78 is 24.8. The molecule has 0 aliphatic carbocycles. The van der Waals surface area contributed by atoms with Crippen LogP contribution in [0.5, 0.6) is 11.5 Å². The highest BCUT2D eigenvalue weighted by Gasteiger charge is 2.36. The third kappa shape index (κ3) is 6.00. The molecule has 0 unspecified atom stereocenters. The van der Waals surface area contributed by atoms with Crippen molar-refractivity contribution in [2.24, 2.45) is 0 Å². The Kier molecular flexibility index (Phi) is 8.17. The number of hydrogen-bond donors (Lipinski definition) is 1. The number of carbonyl (C=O) groups is 3. The molecule has 1 saturated heterocycles. The number of thioether (sulfide) groups is 1. The summed E-state index contributed by atoms with van der Waals surface area (Å²) in [5, 5.41) is 2.60. The monoisotopic (exact) mass is 638 g/mol. The molecule has 36 heavy (non-hydrogen) atoms. The zero-order chi connectivity index (χ0) is 25.8. The van der Waals surface area contributed by atoms with E-state index >= 15 is 0 Å². The predicted octanol–water partition coefficient (Wildman–Crippen LogP) is 6.35. The zero-order valence-corrected chi connectivity index (χ0v) is 22.3. The lowest BCUT2D eigenvalue weighted by Gasteiger charge is -2.14. The third-order valence-electron chi connectivity index (χ3n) is 4.89. The molecule has 11 heteroatoms. The molecule has 1 N–H and O–H groups in total. The first-order valence-electron chi connectivity index (χ1n) is 10.3. The highest BCUT2D eigenvalue weighted by Crippen LogP contribution is 2.39. The Morgan fingerprint density at radius 2 is 1.92 bits per heavy atom. The molecule has 0 atom stereocenters. The van der Waals surface area contributed by atoms with Gasteiger partial charge in [-0.3, -0.25) is 14.4 Å². The van der Waals surface area contributed by atoms with Gasteiger partial charge in [0.15, 0.2) is 18.1 Å². The number of carbonyl (C=O) groups excluding carboxylic acids is 3. The minimum atomic E-state index is -0.459. The predicted molar refractivity (Wildman–Crippen MR) is 146 cm³/mol. The maximum atomic E-state index is 13.0. The van der Waals surface area contributed by atoms with Gasteiger partial charge in [-0.05, 0) is 101 Å². The molecular formula is C25H17ClFIN2O5S. The SMILES string of the molecule is COc1cc(/C=C2/SC(=O)N(c3cccc(Cl)c3)C2=O)cc(I)c1OCC(=O)Nc1ccc(F)cc1. The van der Waals surface area contributed by atoms with Crippen LogP contribution in [0, 0.1) is 9.39 Å². The van der Waals surface area contributed by atoms with Gasteiger partial charge in [0.2, 0.25) is 0 Å². The van der Waals surface area contributed by atoms with Gasteiger partial charge in [0.05, 0.1) is 21.3 Å². The van der Waals surface area contributed by atoms with Crippen LogP contribution in [0.15, 0.2) is 65.6 Å². The lowest BCUT2D eigenvalue weighted by atomic mass is 10.1. The smallest absolute Gasteiger partial charge is 0.298 e. The van der Waals surface area contributed by atoms with E-state index in [1.807, 2.05) is 22.6 Å². The van der Waals surface area contributed by atoms with E-state index in [-0.39, 0.29) is 11.5 Å². The molecule has 0 saturated carbocycles. The maximum absolute atomic E-state index is 13.0. The van der Waals surface area contributed by atoms with E-state index in [0.29, 0.717) is 37.0 Å². The molecule has 1 fully saturated rings. The van der Waals surface area contributed by atoms with Gasteiger partial charge in [0, 0.05) is 10.7 Å². The van der Waals surface area contributed by atoms with Crippen LogP contribution < -0.4 is 19.7 Å². The lowest BCUT2D eigenvalue weighted by molar-refractivity contribution is -0.118. The van der Waals surface area contributed by atoms with E-state index in [0.717, 1.165) is 16.7 Å². The number of nitrogens with one attached hydrogen (secondary N) is 1. The van der Waals surface area contributed by atoms with Crippen LogP contribution in [-0.2, 0) is 9.59 Å². The number of nitrogens with zero attached hydrogens (tertiary/aromatic N) is 1. The number of methoxy groups -OCH3 is 1. The summed E-state index contributed by atoms with van der Waals surface area (Å²) in [5.74, 6) is -0.608. The van der Waals surface area contributed by atoms with Gasteiger partial charge >= 0.3 is 0 Å². The molecule has 4 rings (SSSR count). The molecule has 7 nitrogen and oxygen atoms in total. The van der Waals surface area contributed by atoms with Crippen molar-refractivity contribution >= 4 is 80.5 Å². The highest BCUT2D eigenvalue weighted by atomic mass is 127. The molecule has 1 aliphatic heterocycles. The van der Waals surface area contributed by atoms with Crippen LogP contribution in [0.25, 0.3) is 6.08 Å². The quantitative estimate of drug-likeness (QED) is 0.240. The Labute approximate surface area is 228 Å². The van der Waals surface area contributed by atoms with Gasteiger partial charge < -0.3 is 14.8 Å². The van der Waals surface area contributed by atoms with Crippen LogP contribution in [0.3, 0.4) is 0 Å². The number of amides is 3.